The minimum Gasteiger partial charge on any atom is -0.397 e. The maximum Gasteiger partial charge on any atom is 0.242 e. The minimum absolute atomic E-state index is 0.239. The minimum atomic E-state index is -3.43. The first-order valence-electron chi connectivity index (χ1n) is 7.46. The molecule has 6 heteroatoms. The third-order valence-corrected chi connectivity index (χ3v) is 6.69. The van der Waals surface area contributed by atoms with Gasteiger partial charge in [-0.15, -0.1) is 0 Å². The molecule has 2 aliphatic carbocycles. The first-order chi connectivity index (χ1) is 9.88. The van der Waals surface area contributed by atoms with Crippen molar-refractivity contribution in [1.29, 1.82) is 0 Å². The van der Waals surface area contributed by atoms with Crippen LogP contribution in [0.2, 0.25) is 0 Å². The van der Waals surface area contributed by atoms with Gasteiger partial charge in [0, 0.05) is 20.1 Å². The molecule has 2 saturated carbocycles. The number of rotatable bonds is 4. The lowest BCUT2D eigenvalue weighted by Crippen LogP contribution is -2.26. The second-order valence-electron chi connectivity index (χ2n) is 6.46. The lowest BCUT2D eigenvalue weighted by molar-refractivity contribution is 0.440. The second kappa shape index (κ2) is 5.18. The van der Waals surface area contributed by atoms with E-state index in [-0.39, 0.29) is 4.90 Å². The summed E-state index contributed by atoms with van der Waals surface area (Å²) < 4.78 is 25.4. The van der Waals surface area contributed by atoms with E-state index in [0.29, 0.717) is 11.7 Å². The van der Waals surface area contributed by atoms with E-state index in [4.69, 9.17) is 5.73 Å². The molecule has 0 saturated heterocycles. The van der Waals surface area contributed by atoms with E-state index in [9.17, 15) is 8.42 Å². The van der Waals surface area contributed by atoms with E-state index in [1.54, 1.807) is 18.2 Å². The Bertz CT molecular complexity index is 642. The summed E-state index contributed by atoms with van der Waals surface area (Å²) in [6.45, 7) is 0. The van der Waals surface area contributed by atoms with Gasteiger partial charge >= 0.3 is 0 Å². The van der Waals surface area contributed by atoms with Gasteiger partial charge in [-0.2, -0.15) is 0 Å². The molecule has 0 aromatic heterocycles. The molecule has 0 radical (unpaired) electrons. The van der Waals surface area contributed by atoms with Gasteiger partial charge in [0.25, 0.3) is 0 Å². The highest BCUT2D eigenvalue weighted by Gasteiger charge is 2.39. The van der Waals surface area contributed by atoms with Gasteiger partial charge in [0.15, 0.2) is 0 Å². The highest BCUT2D eigenvalue weighted by Crippen LogP contribution is 2.45. The van der Waals surface area contributed by atoms with E-state index in [2.05, 4.69) is 5.32 Å². The van der Waals surface area contributed by atoms with Crippen molar-refractivity contribution in [1.82, 2.24) is 4.31 Å². The first kappa shape index (κ1) is 14.7. The van der Waals surface area contributed by atoms with Crippen molar-refractivity contribution in [2.45, 2.75) is 36.6 Å². The van der Waals surface area contributed by atoms with Crippen molar-refractivity contribution in [3.63, 3.8) is 0 Å². The Balaban J connectivity index is 1.79. The Labute approximate surface area is 126 Å². The summed E-state index contributed by atoms with van der Waals surface area (Å²) >= 11 is 0. The Hall–Kier alpha value is -1.27. The van der Waals surface area contributed by atoms with Crippen molar-refractivity contribution in [2.24, 2.45) is 11.8 Å². The number of hydrogen-bond donors (Lipinski definition) is 2. The van der Waals surface area contributed by atoms with E-state index >= 15 is 0 Å². The van der Waals surface area contributed by atoms with Gasteiger partial charge in [-0.25, -0.2) is 12.7 Å². The predicted molar refractivity (Wildman–Crippen MR) is 84.6 cm³/mol. The zero-order valence-corrected chi connectivity index (χ0v) is 13.4. The summed E-state index contributed by atoms with van der Waals surface area (Å²) in [6, 6.07) is 5.45. The van der Waals surface area contributed by atoms with Gasteiger partial charge in [-0.1, -0.05) is 6.42 Å². The van der Waals surface area contributed by atoms with Crippen LogP contribution >= 0.6 is 0 Å². The zero-order chi connectivity index (χ0) is 15.2. The summed E-state index contributed by atoms with van der Waals surface area (Å²) in [5.74, 6) is 1.61. The largest absolute Gasteiger partial charge is 0.397 e. The number of fused-ring (bicyclic) bond motifs is 2. The highest BCUT2D eigenvalue weighted by atomic mass is 32.2. The van der Waals surface area contributed by atoms with Gasteiger partial charge in [0.05, 0.1) is 16.3 Å². The Morgan fingerprint density at radius 2 is 2.00 bits per heavy atom. The Morgan fingerprint density at radius 3 is 2.52 bits per heavy atom. The van der Waals surface area contributed by atoms with Crippen LogP contribution in [-0.4, -0.2) is 32.9 Å². The maximum atomic E-state index is 12.1. The van der Waals surface area contributed by atoms with Crippen molar-refractivity contribution in [3.05, 3.63) is 18.2 Å². The van der Waals surface area contributed by atoms with Gasteiger partial charge in [-0.3, -0.25) is 0 Å². The molecule has 0 amide bonds. The standard InChI is InChI=1S/C15H23N3O2S/c1-18(2)21(19,20)12-5-6-14(13(16)9-12)17-15-8-10-3-4-11(15)7-10/h5-6,9-11,15,17H,3-4,7-8,16H2,1-2H3. The fourth-order valence-corrected chi connectivity index (χ4v) is 4.60. The molecule has 0 heterocycles. The number of anilines is 2. The maximum absolute atomic E-state index is 12.1. The number of hydrogen-bond acceptors (Lipinski definition) is 4. The van der Waals surface area contributed by atoms with Crippen LogP contribution in [0.3, 0.4) is 0 Å². The van der Waals surface area contributed by atoms with E-state index in [1.807, 2.05) is 0 Å². The Morgan fingerprint density at radius 1 is 1.24 bits per heavy atom. The fraction of sp³-hybridized carbons (Fsp3) is 0.600. The van der Waals surface area contributed by atoms with Crippen LogP contribution in [0, 0.1) is 11.8 Å². The van der Waals surface area contributed by atoms with Crippen LogP contribution in [-0.2, 0) is 10.0 Å². The monoisotopic (exact) mass is 309 g/mol. The third-order valence-electron chi connectivity index (χ3n) is 4.88. The molecule has 2 bridgehead atoms. The molecule has 3 N–H and O–H groups in total. The third kappa shape index (κ3) is 2.62. The molecule has 0 spiro atoms. The highest BCUT2D eigenvalue weighted by molar-refractivity contribution is 7.89. The molecule has 116 valence electrons. The molecule has 3 rings (SSSR count). The Kier molecular flexibility index (Phi) is 3.61. The van der Waals surface area contributed by atoms with E-state index in [1.165, 1.54) is 44.1 Å². The molecule has 21 heavy (non-hydrogen) atoms. The average molecular weight is 309 g/mol. The molecule has 2 aliphatic rings. The van der Waals surface area contributed by atoms with Crippen LogP contribution in [0.25, 0.3) is 0 Å². The fourth-order valence-electron chi connectivity index (χ4n) is 3.66. The molecule has 5 nitrogen and oxygen atoms in total. The normalized spacial score (nSPS) is 28.2. The molecule has 1 aromatic rings. The van der Waals surface area contributed by atoms with Crippen LogP contribution in [0.15, 0.2) is 23.1 Å². The summed E-state index contributed by atoms with van der Waals surface area (Å²) in [7, 11) is -0.385. The zero-order valence-electron chi connectivity index (χ0n) is 12.5. The van der Waals surface area contributed by atoms with Gasteiger partial charge < -0.3 is 11.1 Å². The molecule has 2 fully saturated rings. The number of nitrogens with zero attached hydrogens (tertiary/aromatic N) is 1. The molecular formula is C15H23N3O2S. The van der Waals surface area contributed by atoms with Crippen molar-refractivity contribution in [3.8, 4) is 0 Å². The number of benzene rings is 1. The number of sulfonamides is 1. The first-order valence-corrected chi connectivity index (χ1v) is 8.90. The number of nitrogens with two attached hydrogens (primary N) is 1. The SMILES string of the molecule is CN(C)S(=O)(=O)c1ccc(NC2CC3CCC2C3)c(N)c1. The van der Waals surface area contributed by atoms with Crippen molar-refractivity contribution in [2.75, 3.05) is 25.1 Å². The molecule has 1 aromatic carbocycles. The smallest absolute Gasteiger partial charge is 0.242 e. The molecule has 3 atom stereocenters. The van der Waals surface area contributed by atoms with Gasteiger partial charge in [-0.05, 0) is 49.3 Å². The number of nitrogen functional groups attached to an aromatic ring is 1. The van der Waals surface area contributed by atoms with Crippen molar-refractivity contribution >= 4 is 21.4 Å². The summed E-state index contributed by atoms with van der Waals surface area (Å²) in [5, 5.41) is 3.52. The van der Waals surface area contributed by atoms with Gasteiger partial charge in [0.2, 0.25) is 10.0 Å². The molecular weight excluding hydrogens is 286 g/mol. The second-order valence-corrected chi connectivity index (χ2v) is 8.61. The average Bonchev–Trinajstić information content (AvgIpc) is 3.03. The molecule has 0 aliphatic heterocycles. The lowest BCUT2D eigenvalue weighted by atomic mass is 9.95. The lowest BCUT2D eigenvalue weighted by Gasteiger charge is -2.25. The van der Waals surface area contributed by atoms with Crippen LogP contribution in [0.5, 0.6) is 0 Å². The topological polar surface area (TPSA) is 75.4 Å². The molecule has 3 unspecified atom stereocenters. The van der Waals surface area contributed by atoms with E-state index in [0.717, 1.165) is 17.5 Å². The quantitative estimate of drug-likeness (QED) is 0.835. The van der Waals surface area contributed by atoms with Gasteiger partial charge in [0.1, 0.15) is 0 Å². The summed E-state index contributed by atoms with van der Waals surface area (Å²) in [4.78, 5) is 0.239. The van der Waals surface area contributed by atoms with Crippen molar-refractivity contribution < 1.29 is 8.42 Å². The van der Waals surface area contributed by atoms with Crippen LogP contribution in [0.1, 0.15) is 25.7 Å². The summed E-state index contributed by atoms with van der Waals surface area (Å²) in [6.07, 6.45) is 5.19. The summed E-state index contributed by atoms with van der Waals surface area (Å²) in [5.41, 5.74) is 7.40. The van der Waals surface area contributed by atoms with Crippen LogP contribution < -0.4 is 11.1 Å². The van der Waals surface area contributed by atoms with E-state index < -0.39 is 10.0 Å². The predicted octanol–water partition coefficient (Wildman–Crippen LogP) is 2.12. The number of nitrogens with one attached hydrogen (secondary N) is 1. The van der Waals surface area contributed by atoms with Crippen LogP contribution in [0.4, 0.5) is 11.4 Å².